The molecule has 1 aliphatic rings. The number of nitrogens with one attached hydrogen (secondary N) is 1. The monoisotopic (exact) mass is 293 g/mol. The quantitative estimate of drug-likeness (QED) is 0.775. The van der Waals surface area contributed by atoms with E-state index in [4.69, 9.17) is 0 Å². The van der Waals surface area contributed by atoms with Crippen molar-refractivity contribution in [3.05, 3.63) is 60.0 Å². The van der Waals surface area contributed by atoms with E-state index in [1.807, 2.05) is 29.3 Å². The van der Waals surface area contributed by atoms with Gasteiger partial charge in [-0.3, -0.25) is 4.79 Å². The Bertz CT molecular complexity index is 830. The number of nitrogens with zero attached hydrogens (tertiary/aromatic N) is 2. The summed E-state index contributed by atoms with van der Waals surface area (Å²) in [4.78, 5) is 18.0. The van der Waals surface area contributed by atoms with Crippen LogP contribution < -0.4 is 0 Å². The normalized spacial score (nSPS) is 17.7. The zero-order chi connectivity index (χ0) is 15.1. The SMILES string of the molecule is CC1c2cccn2CCN1C(=O)Cc1c[nH]c2ccccc12. The molecule has 2 aromatic heterocycles. The largest absolute Gasteiger partial charge is 0.361 e. The molecule has 1 unspecified atom stereocenters. The first-order chi connectivity index (χ1) is 10.7. The average Bonchev–Trinajstić information content (AvgIpc) is 3.15. The Kier molecular flexibility index (Phi) is 3.03. The molecule has 3 aromatic rings. The fourth-order valence-electron chi connectivity index (χ4n) is 3.46. The van der Waals surface area contributed by atoms with Crippen molar-refractivity contribution in [3.63, 3.8) is 0 Å². The maximum absolute atomic E-state index is 12.8. The number of hydrogen-bond donors (Lipinski definition) is 1. The Morgan fingerprint density at radius 2 is 2.09 bits per heavy atom. The molecule has 1 amide bonds. The topological polar surface area (TPSA) is 41.0 Å². The van der Waals surface area contributed by atoms with Gasteiger partial charge in [0.2, 0.25) is 5.91 Å². The molecule has 4 heteroatoms. The standard InChI is InChI=1S/C18H19N3O/c1-13-17-7-4-8-20(17)9-10-21(13)18(22)11-14-12-19-16-6-3-2-5-15(14)16/h2-8,12-13,19H,9-11H2,1H3. The van der Waals surface area contributed by atoms with E-state index in [1.165, 1.54) is 5.69 Å². The van der Waals surface area contributed by atoms with Crippen molar-refractivity contribution >= 4 is 16.8 Å². The summed E-state index contributed by atoms with van der Waals surface area (Å²) in [5, 5.41) is 1.14. The van der Waals surface area contributed by atoms with Crippen LogP contribution in [0.5, 0.6) is 0 Å². The van der Waals surface area contributed by atoms with Gasteiger partial charge in [-0.15, -0.1) is 0 Å². The minimum Gasteiger partial charge on any atom is -0.361 e. The van der Waals surface area contributed by atoms with E-state index in [2.05, 4.69) is 40.9 Å². The number of carbonyl (C=O) groups excluding carboxylic acids is 1. The molecule has 0 saturated carbocycles. The number of aromatic amines is 1. The maximum atomic E-state index is 12.8. The highest BCUT2D eigenvalue weighted by atomic mass is 16.2. The van der Waals surface area contributed by atoms with Gasteiger partial charge < -0.3 is 14.5 Å². The van der Waals surface area contributed by atoms with Gasteiger partial charge >= 0.3 is 0 Å². The molecule has 1 N–H and O–H groups in total. The number of para-hydroxylation sites is 1. The first-order valence-corrected chi connectivity index (χ1v) is 7.73. The molecule has 0 radical (unpaired) electrons. The average molecular weight is 293 g/mol. The van der Waals surface area contributed by atoms with Crippen LogP contribution >= 0.6 is 0 Å². The van der Waals surface area contributed by atoms with E-state index in [1.54, 1.807) is 0 Å². The second kappa shape index (κ2) is 5.05. The summed E-state index contributed by atoms with van der Waals surface area (Å²) in [6, 6.07) is 12.4. The third-order valence-corrected chi connectivity index (χ3v) is 4.68. The number of fused-ring (bicyclic) bond motifs is 2. The summed E-state index contributed by atoms with van der Waals surface area (Å²) in [6.45, 7) is 3.77. The number of carbonyl (C=O) groups is 1. The molecule has 1 aliphatic heterocycles. The number of amides is 1. The van der Waals surface area contributed by atoms with Crippen molar-refractivity contribution in [1.29, 1.82) is 0 Å². The lowest BCUT2D eigenvalue weighted by Gasteiger charge is -2.35. The van der Waals surface area contributed by atoms with E-state index < -0.39 is 0 Å². The van der Waals surface area contributed by atoms with Crippen LogP contribution in [0.3, 0.4) is 0 Å². The third-order valence-electron chi connectivity index (χ3n) is 4.68. The van der Waals surface area contributed by atoms with Gasteiger partial charge in [-0.05, 0) is 30.7 Å². The Morgan fingerprint density at radius 1 is 1.23 bits per heavy atom. The molecule has 3 heterocycles. The summed E-state index contributed by atoms with van der Waals surface area (Å²) in [5.74, 6) is 0.199. The maximum Gasteiger partial charge on any atom is 0.227 e. The van der Waals surface area contributed by atoms with E-state index in [0.717, 1.165) is 29.6 Å². The second-order valence-electron chi connectivity index (χ2n) is 5.93. The van der Waals surface area contributed by atoms with Crippen LogP contribution in [-0.4, -0.2) is 26.9 Å². The Balaban J connectivity index is 1.58. The summed E-state index contributed by atoms with van der Waals surface area (Å²) < 4.78 is 2.24. The van der Waals surface area contributed by atoms with E-state index in [-0.39, 0.29) is 11.9 Å². The molecule has 0 spiro atoms. The minimum atomic E-state index is 0.140. The van der Waals surface area contributed by atoms with Crippen LogP contribution in [0.25, 0.3) is 10.9 Å². The number of aromatic nitrogens is 2. The Morgan fingerprint density at radius 3 is 3.00 bits per heavy atom. The zero-order valence-corrected chi connectivity index (χ0v) is 12.6. The lowest BCUT2D eigenvalue weighted by molar-refractivity contribution is -0.133. The molecule has 22 heavy (non-hydrogen) atoms. The number of H-pyrrole nitrogens is 1. The van der Waals surface area contributed by atoms with Crippen LogP contribution in [0, 0.1) is 0 Å². The van der Waals surface area contributed by atoms with Gasteiger partial charge in [0, 0.05) is 42.1 Å². The molecule has 0 fully saturated rings. The number of benzene rings is 1. The van der Waals surface area contributed by atoms with Crippen molar-refractivity contribution in [2.24, 2.45) is 0 Å². The van der Waals surface area contributed by atoms with Gasteiger partial charge in [-0.2, -0.15) is 0 Å². The van der Waals surface area contributed by atoms with Gasteiger partial charge in [0.15, 0.2) is 0 Å². The second-order valence-corrected chi connectivity index (χ2v) is 5.93. The van der Waals surface area contributed by atoms with Crippen molar-refractivity contribution < 1.29 is 4.79 Å². The molecular weight excluding hydrogens is 274 g/mol. The zero-order valence-electron chi connectivity index (χ0n) is 12.6. The highest BCUT2D eigenvalue weighted by molar-refractivity contribution is 5.89. The molecule has 0 aliphatic carbocycles. The first kappa shape index (κ1) is 13.2. The van der Waals surface area contributed by atoms with Crippen molar-refractivity contribution in [2.75, 3.05) is 6.54 Å². The van der Waals surface area contributed by atoms with Crippen LogP contribution in [0.4, 0.5) is 0 Å². The Hall–Kier alpha value is -2.49. The lowest BCUT2D eigenvalue weighted by Crippen LogP contribution is -2.41. The van der Waals surface area contributed by atoms with Crippen LogP contribution in [0.2, 0.25) is 0 Å². The molecule has 0 bridgehead atoms. The molecular formula is C18H19N3O. The first-order valence-electron chi connectivity index (χ1n) is 7.73. The summed E-state index contributed by atoms with van der Waals surface area (Å²) in [6.07, 6.45) is 4.50. The fraction of sp³-hybridized carbons (Fsp3) is 0.278. The molecule has 1 aromatic carbocycles. The summed E-state index contributed by atoms with van der Waals surface area (Å²) in [5.41, 5.74) is 3.39. The molecule has 4 rings (SSSR count). The van der Waals surface area contributed by atoms with Gasteiger partial charge in [-0.25, -0.2) is 0 Å². The predicted octanol–water partition coefficient (Wildman–Crippen LogP) is 3.12. The molecule has 4 nitrogen and oxygen atoms in total. The number of rotatable bonds is 2. The highest BCUT2D eigenvalue weighted by Gasteiger charge is 2.27. The van der Waals surface area contributed by atoms with E-state index in [0.29, 0.717) is 6.42 Å². The van der Waals surface area contributed by atoms with Gasteiger partial charge in [-0.1, -0.05) is 18.2 Å². The fourth-order valence-corrected chi connectivity index (χ4v) is 3.46. The number of hydrogen-bond acceptors (Lipinski definition) is 1. The minimum absolute atomic E-state index is 0.140. The summed E-state index contributed by atoms with van der Waals surface area (Å²) in [7, 11) is 0. The van der Waals surface area contributed by atoms with E-state index >= 15 is 0 Å². The van der Waals surface area contributed by atoms with Crippen LogP contribution in [-0.2, 0) is 17.8 Å². The molecule has 1 atom stereocenters. The third kappa shape index (κ3) is 2.03. The smallest absolute Gasteiger partial charge is 0.227 e. The van der Waals surface area contributed by atoms with Gasteiger partial charge in [0.1, 0.15) is 0 Å². The van der Waals surface area contributed by atoms with Gasteiger partial charge in [0.05, 0.1) is 12.5 Å². The van der Waals surface area contributed by atoms with Crippen LogP contribution in [0.15, 0.2) is 48.8 Å². The van der Waals surface area contributed by atoms with Crippen molar-refractivity contribution in [2.45, 2.75) is 25.9 Å². The van der Waals surface area contributed by atoms with E-state index in [9.17, 15) is 4.79 Å². The summed E-state index contributed by atoms with van der Waals surface area (Å²) >= 11 is 0. The predicted molar refractivity (Wildman–Crippen MR) is 86.6 cm³/mol. The van der Waals surface area contributed by atoms with Gasteiger partial charge in [0.25, 0.3) is 0 Å². The van der Waals surface area contributed by atoms with Crippen molar-refractivity contribution in [3.8, 4) is 0 Å². The highest BCUT2D eigenvalue weighted by Crippen LogP contribution is 2.27. The van der Waals surface area contributed by atoms with Crippen molar-refractivity contribution in [1.82, 2.24) is 14.5 Å². The Labute approximate surface area is 129 Å². The lowest BCUT2D eigenvalue weighted by atomic mass is 10.1. The van der Waals surface area contributed by atoms with Crippen LogP contribution in [0.1, 0.15) is 24.2 Å². The molecule has 112 valence electrons. The molecule has 0 saturated heterocycles.